The van der Waals surface area contributed by atoms with E-state index in [1.165, 1.54) is 0 Å². The van der Waals surface area contributed by atoms with Crippen LogP contribution in [0.15, 0.2) is 0 Å². The van der Waals surface area contributed by atoms with Gasteiger partial charge in [-0.1, -0.05) is 22.6 Å². The van der Waals surface area contributed by atoms with Crippen LogP contribution in [0.1, 0.15) is 0 Å². The molecule has 1 amide bonds. The van der Waals surface area contributed by atoms with Gasteiger partial charge in [0.1, 0.15) is 0 Å². The largest absolute Gasteiger partial charge is 0.354 e. The summed E-state index contributed by atoms with van der Waals surface area (Å²) in [5.74, 6) is -0.0319. The minimum absolute atomic E-state index is 0.0319. The van der Waals surface area contributed by atoms with Crippen molar-refractivity contribution in [3.05, 3.63) is 7.05 Å². The Kier molecular flexibility index (Phi) is 3.51. The summed E-state index contributed by atoms with van der Waals surface area (Å²) in [4.78, 5) is 10.00. The molecule has 0 unspecified atom stereocenters. The summed E-state index contributed by atoms with van der Waals surface area (Å²) < 4.78 is 0.487. The fraction of sp³-hybridized carbons (Fsp3) is 0.333. The highest BCUT2D eigenvalue weighted by Gasteiger charge is 1.86. The van der Waals surface area contributed by atoms with Gasteiger partial charge in [0.25, 0.3) is 0 Å². The van der Waals surface area contributed by atoms with E-state index in [1.807, 2.05) is 22.6 Å². The lowest BCUT2D eigenvalue weighted by molar-refractivity contribution is -0.117. The molecule has 2 nitrogen and oxygen atoms in total. The van der Waals surface area contributed by atoms with Gasteiger partial charge >= 0.3 is 0 Å². The molecule has 0 fully saturated rings. The zero-order chi connectivity index (χ0) is 4.99. The highest BCUT2D eigenvalue weighted by atomic mass is 127. The molecule has 0 atom stereocenters. The first-order valence-electron chi connectivity index (χ1n) is 1.43. The molecule has 0 heterocycles. The molecular weight excluding hydrogens is 193 g/mol. The van der Waals surface area contributed by atoms with Crippen LogP contribution in [0.5, 0.6) is 0 Å². The van der Waals surface area contributed by atoms with Crippen LogP contribution >= 0.6 is 22.6 Å². The maximum absolute atomic E-state index is 10.00. The highest BCUT2D eigenvalue weighted by molar-refractivity contribution is 14.1. The van der Waals surface area contributed by atoms with Crippen LogP contribution in [0.3, 0.4) is 0 Å². The number of amides is 1. The number of nitrogens with one attached hydrogen (secondary N) is 1. The monoisotopic (exact) mass is 198 g/mol. The number of halogens is 1. The minimum atomic E-state index is -0.0319. The summed E-state index contributed by atoms with van der Waals surface area (Å²) in [7, 11) is 3.15. The van der Waals surface area contributed by atoms with Crippen LogP contribution in [-0.2, 0) is 4.79 Å². The molecule has 0 aliphatic carbocycles. The first kappa shape index (κ1) is 6.20. The van der Waals surface area contributed by atoms with Crippen molar-refractivity contribution in [1.29, 1.82) is 0 Å². The molecule has 3 heteroatoms. The maximum Gasteiger partial charge on any atom is 0.229 e. The Morgan fingerprint density at radius 3 is 2.50 bits per heavy atom. The van der Waals surface area contributed by atoms with E-state index in [2.05, 4.69) is 12.4 Å². The molecule has 1 N–H and O–H groups in total. The van der Waals surface area contributed by atoms with Gasteiger partial charge in [-0.3, -0.25) is 4.79 Å². The molecule has 0 spiro atoms. The average molecular weight is 198 g/mol. The Balaban J connectivity index is 2.99. The second-order valence-electron chi connectivity index (χ2n) is 0.734. The van der Waals surface area contributed by atoms with Gasteiger partial charge in [-0.25, -0.2) is 0 Å². The predicted octanol–water partition coefficient (Wildman–Crippen LogP) is 0.329. The van der Waals surface area contributed by atoms with Crippen LogP contribution in [0.4, 0.5) is 0 Å². The van der Waals surface area contributed by atoms with Gasteiger partial charge < -0.3 is 5.32 Å². The number of hydrogen-bond donors (Lipinski definition) is 1. The van der Waals surface area contributed by atoms with E-state index < -0.39 is 0 Å². The molecule has 1 radical (unpaired) electrons. The van der Waals surface area contributed by atoms with E-state index in [1.54, 1.807) is 0 Å². The van der Waals surface area contributed by atoms with Crippen LogP contribution in [0, 0.1) is 7.05 Å². The lowest BCUT2D eigenvalue weighted by Gasteiger charge is -1.85. The SMILES string of the molecule is [CH2]NC(=O)CI. The van der Waals surface area contributed by atoms with Crippen LogP contribution in [-0.4, -0.2) is 10.3 Å². The Labute approximate surface area is 50.4 Å². The topological polar surface area (TPSA) is 29.1 Å². The van der Waals surface area contributed by atoms with Gasteiger partial charge in [-0.15, -0.1) is 0 Å². The van der Waals surface area contributed by atoms with Gasteiger partial charge in [0.2, 0.25) is 5.91 Å². The van der Waals surface area contributed by atoms with Crippen molar-refractivity contribution < 1.29 is 4.79 Å². The summed E-state index contributed by atoms with van der Waals surface area (Å²) in [5, 5.41) is 2.22. The molecular formula is C3H5INO. The lowest BCUT2D eigenvalue weighted by atomic mass is 10.7. The lowest BCUT2D eigenvalue weighted by Crippen LogP contribution is -2.15. The van der Waals surface area contributed by atoms with Crippen molar-refractivity contribution >= 4 is 28.5 Å². The molecule has 0 aliphatic rings. The number of carbonyl (C=O) groups is 1. The Morgan fingerprint density at radius 1 is 2.00 bits per heavy atom. The summed E-state index contributed by atoms with van der Waals surface area (Å²) in [6.45, 7) is 0. The number of hydrogen-bond acceptors (Lipinski definition) is 1. The third-order valence-corrected chi connectivity index (χ3v) is 1.01. The van der Waals surface area contributed by atoms with Crippen molar-refractivity contribution in [2.75, 3.05) is 4.43 Å². The van der Waals surface area contributed by atoms with E-state index >= 15 is 0 Å². The zero-order valence-electron chi connectivity index (χ0n) is 3.20. The highest BCUT2D eigenvalue weighted by Crippen LogP contribution is 1.76. The molecule has 0 saturated carbocycles. The standard InChI is InChI=1S/C3H5INO/c1-5-3(6)2-4/h1-2H2,(H,5,6). The second kappa shape index (κ2) is 3.39. The molecule has 0 aromatic rings. The van der Waals surface area contributed by atoms with Gasteiger partial charge in [-0.2, -0.15) is 0 Å². The van der Waals surface area contributed by atoms with Gasteiger partial charge in [0.15, 0.2) is 0 Å². The molecule has 0 bridgehead atoms. The number of rotatable bonds is 1. The third-order valence-electron chi connectivity index (χ3n) is 0.319. The molecule has 0 rings (SSSR count). The van der Waals surface area contributed by atoms with E-state index in [0.717, 1.165) is 0 Å². The van der Waals surface area contributed by atoms with Crippen LogP contribution in [0.2, 0.25) is 0 Å². The number of alkyl halides is 1. The van der Waals surface area contributed by atoms with E-state index in [-0.39, 0.29) is 5.91 Å². The van der Waals surface area contributed by atoms with Crippen molar-refractivity contribution in [1.82, 2.24) is 5.32 Å². The minimum Gasteiger partial charge on any atom is -0.354 e. The van der Waals surface area contributed by atoms with E-state index in [9.17, 15) is 4.79 Å². The van der Waals surface area contributed by atoms with Crippen molar-refractivity contribution in [3.8, 4) is 0 Å². The summed E-state index contributed by atoms with van der Waals surface area (Å²) in [6, 6.07) is 0. The van der Waals surface area contributed by atoms with Crippen molar-refractivity contribution in [3.63, 3.8) is 0 Å². The summed E-state index contributed by atoms with van der Waals surface area (Å²) >= 11 is 1.96. The van der Waals surface area contributed by atoms with E-state index in [0.29, 0.717) is 4.43 Å². The van der Waals surface area contributed by atoms with Gasteiger partial charge in [-0.05, 0) is 0 Å². The quantitative estimate of drug-likeness (QED) is 0.477. The molecule has 0 aliphatic heterocycles. The Bertz CT molecular complexity index is 48.8. The fourth-order valence-corrected chi connectivity index (χ4v) is 0.317. The first-order valence-corrected chi connectivity index (χ1v) is 2.95. The first-order chi connectivity index (χ1) is 2.81. The summed E-state index contributed by atoms with van der Waals surface area (Å²) in [6.07, 6.45) is 0. The maximum atomic E-state index is 10.00. The van der Waals surface area contributed by atoms with Crippen LogP contribution in [0.25, 0.3) is 0 Å². The van der Waals surface area contributed by atoms with Crippen molar-refractivity contribution in [2.24, 2.45) is 0 Å². The normalized spacial score (nSPS) is 7.67. The fourth-order valence-electron chi connectivity index (χ4n) is 0.0472. The van der Waals surface area contributed by atoms with Crippen LogP contribution < -0.4 is 5.32 Å². The summed E-state index contributed by atoms with van der Waals surface area (Å²) in [5.41, 5.74) is 0. The Hall–Kier alpha value is 0.200. The molecule has 0 aromatic carbocycles. The van der Waals surface area contributed by atoms with Gasteiger partial charge in [0, 0.05) is 7.05 Å². The average Bonchev–Trinajstić information content (AvgIpc) is 1.65. The smallest absolute Gasteiger partial charge is 0.229 e. The van der Waals surface area contributed by atoms with Crippen molar-refractivity contribution in [2.45, 2.75) is 0 Å². The second-order valence-corrected chi connectivity index (χ2v) is 1.50. The third kappa shape index (κ3) is 2.44. The molecule has 6 heavy (non-hydrogen) atoms. The Morgan fingerprint density at radius 2 is 2.50 bits per heavy atom. The molecule has 0 saturated heterocycles. The van der Waals surface area contributed by atoms with Gasteiger partial charge in [0.05, 0.1) is 4.43 Å². The predicted molar refractivity (Wildman–Crippen MR) is 32.4 cm³/mol. The number of carbonyl (C=O) groups excluding carboxylic acids is 1. The zero-order valence-corrected chi connectivity index (χ0v) is 5.36. The molecule has 35 valence electrons. The molecule has 0 aromatic heterocycles. The van der Waals surface area contributed by atoms with E-state index in [4.69, 9.17) is 0 Å².